The van der Waals surface area contributed by atoms with Gasteiger partial charge >= 0.3 is 0 Å². The van der Waals surface area contributed by atoms with Crippen LogP contribution in [0.25, 0.3) is 0 Å². The molecule has 4 rings (SSSR count). The number of amides is 2. The van der Waals surface area contributed by atoms with E-state index in [1.807, 2.05) is 36.9 Å². The number of carbonyl (C=O) groups excluding carboxylic acids is 3. The Hall–Kier alpha value is -2.25. The number of ether oxygens (including phenoxy) is 1. The standard InChI is InChI=1S/C28H41N3O4/c1-19(2)27(33)26(20-8-4-3-5-9-20)30-28(34)22-11-6-10-21(14-22)23-12-7-13-31(16-23)25(32)15-29-24-17-35-18-24/h6,10-11,14,19-20,23-24,26,29H,3-5,7-9,12-13,15-18H2,1-2H3,(H,30,34). The molecular weight excluding hydrogens is 442 g/mol. The fraction of sp³-hybridized carbons (Fsp3) is 0.679. The third-order valence-electron chi connectivity index (χ3n) is 7.86. The molecule has 0 spiro atoms. The van der Waals surface area contributed by atoms with Crippen LogP contribution in [0.1, 0.15) is 80.6 Å². The summed E-state index contributed by atoms with van der Waals surface area (Å²) in [7, 11) is 0. The summed E-state index contributed by atoms with van der Waals surface area (Å²) in [6.07, 6.45) is 7.40. The van der Waals surface area contributed by atoms with Gasteiger partial charge in [0.1, 0.15) is 0 Å². The first kappa shape index (κ1) is 25.8. The van der Waals surface area contributed by atoms with Gasteiger partial charge in [-0.2, -0.15) is 0 Å². The number of carbonyl (C=O) groups is 3. The number of ketones is 1. The fourth-order valence-corrected chi connectivity index (χ4v) is 5.58. The molecule has 1 aliphatic carbocycles. The smallest absolute Gasteiger partial charge is 0.251 e. The first-order valence-corrected chi connectivity index (χ1v) is 13.5. The van der Waals surface area contributed by atoms with Crippen LogP contribution in [0.3, 0.4) is 0 Å². The Kier molecular flexibility index (Phi) is 8.95. The lowest BCUT2D eigenvalue weighted by molar-refractivity contribution is -0.132. The summed E-state index contributed by atoms with van der Waals surface area (Å²) in [5.74, 6) is 0.406. The molecule has 2 atom stereocenters. The van der Waals surface area contributed by atoms with E-state index in [2.05, 4.69) is 16.7 Å². The van der Waals surface area contributed by atoms with Crippen molar-refractivity contribution < 1.29 is 19.1 Å². The van der Waals surface area contributed by atoms with E-state index in [0.29, 0.717) is 31.9 Å². The van der Waals surface area contributed by atoms with Crippen molar-refractivity contribution >= 4 is 17.6 Å². The number of Topliss-reactive ketones (excluding diaryl/α,β-unsaturated/α-hetero) is 1. The lowest BCUT2D eigenvalue weighted by Crippen LogP contribution is -2.51. The average molecular weight is 484 g/mol. The highest BCUT2D eigenvalue weighted by Gasteiger charge is 2.32. The van der Waals surface area contributed by atoms with Gasteiger partial charge in [-0.25, -0.2) is 0 Å². The second kappa shape index (κ2) is 12.1. The van der Waals surface area contributed by atoms with Gasteiger partial charge in [-0.05, 0) is 49.3 Å². The zero-order chi connectivity index (χ0) is 24.8. The van der Waals surface area contributed by atoms with Gasteiger partial charge in [0.25, 0.3) is 5.91 Å². The number of rotatable bonds is 9. The molecular formula is C28H41N3O4. The summed E-state index contributed by atoms with van der Waals surface area (Å²) in [6, 6.07) is 7.63. The molecule has 2 amide bonds. The Morgan fingerprint density at radius 2 is 1.83 bits per heavy atom. The Morgan fingerprint density at radius 3 is 2.51 bits per heavy atom. The summed E-state index contributed by atoms with van der Waals surface area (Å²) in [6.45, 7) is 6.97. The molecule has 35 heavy (non-hydrogen) atoms. The molecule has 2 heterocycles. The molecule has 2 unspecified atom stereocenters. The van der Waals surface area contributed by atoms with Crippen molar-refractivity contribution in [2.45, 2.75) is 76.8 Å². The molecule has 2 aliphatic heterocycles. The van der Waals surface area contributed by atoms with E-state index in [4.69, 9.17) is 4.74 Å². The van der Waals surface area contributed by atoms with Crippen LogP contribution in [0.5, 0.6) is 0 Å². The van der Waals surface area contributed by atoms with Crippen LogP contribution < -0.4 is 10.6 Å². The topological polar surface area (TPSA) is 87.7 Å². The minimum atomic E-state index is -0.414. The zero-order valence-corrected chi connectivity index (χ0v) is 21.3. The maximum absolute atomic E-state index is 13.3. The Labute approximate surface area is 209 Å². The van der Waals surface area contributed by atoms with Crippen molar-refractivity contribution in [2.75, 3.05) is 32.8 Å². The lowest BCUT2D eigenvalue weighted by Gasteiger charge is -2.34. The molecule has 7 heteroatoms. The highest BCUT2D eigenvalue weighted by Crippen LogP contribution is 2.30. The highest BCUT2D eigenvalue weighted by atomic mass is 16.5. The van der Waals surface area contributed by atoms with Crippen LogP contribution in [0.15, 0.2) is 24.3 Å². The van der Waals surface area contributed by atoms with Crippen LogP contribution >= 0.6 is 0 Å². The molecule has 2 saturated heterocycles. The number of benzene rings is 1. The van der Waals surface area contributed by atoms with Crippen LogP contribution in [0, 0.1) is 11.8 Å². The predicted octanol–water partition coefficient (Wildman–Crippen LogP) is 3.28. The van der Waals surface area contributed by atoms with Gasteiger partial charge in [0.15, 0.2) is 5.78 Å². The first-order chi connectivity index (χ1) is 16.9. The molecule has 1 aromatic carbocycles. The summed E-state index contributed by atoms with van der Waals surface area (Å²) < 4.78 is 5.16. The van der Waals surface area contributed by atoms with E-state index in [1.165, 1.54) is 6.42 Å². The number of hydrogen-bond acceptors (Lipinski definition) is 5. The quantitative estimate of drug-likeness (QED) is 0.563. The summed E-state index contributed by atoms with van der Waals surface area (Å²) in [4.78, 5) is 40.9. The van der Waals surface area contributed by atoms with E-state index in [1.54, 1.807) is 0 Å². The normalized spacial score (nSPS) is 22.5. The third-order valence-corrected chi connectivity index (χ3v) is 7.86. The number of likely N-dealkylation sites (tertiary alicyclic amines) is 1. The fourth-order valence-electron chi connectivity index (χ4n) is 5.58. The molecule has 0 aromatic heterocycles. The summed E-state index contributed by atoms with van der Waals surface area (Å²) in [5, 5.41) is 6.37. The SMILES string of the molecule is CC(C)C(=O)C(NC(=O)c1cccc(C2CCCN(C(=O)CNC3COC3)C2)c1)C1CCCCC1. The predicted molar refractivity (Wildman–Crippen MR) is 135 cm³/mol. The maximum Gasteiger partial charge on any atom is 0.251 e. The van der Waals surface area contributed by atoms with E-state index >= 15 is 0 Å². The Bertz CT molecular complexity index is 892. The van der Waals surface area contributed by atoms with Crippen LogP contribution in [-0.2, 0) is 14.3 Å². The molecule has 7 nitrogen and oxygen atoms in total. The second-order valence-electron chi connectivity index (χ2n) is 10.8. The third kappa shape index (κ3) is 6.70. The zero-order valence-electron chi connectivity index (χ0n) is 21.3. The van der Waals surface area contributed by atoms with Gasteiger partial charge in [-0.15, -0.1) is 0 Å². The van der Waals surface area contributed by atoms with Crippen molar-refractivity contribution in [3.05, 3.63) is 35.4 Å². The molecule has 3 aliphatic rings. The maximum atomic E-state index is 13.3. The van der Waals surface area contributed by atoms with Crippen molar-refractivity contribution in [1.82, 2.24) is 15.5 Å². The number of nitrogens with zero attached hydrogens (tertiary/aromatic N) is 1. The molecule has 0 radical (unpaired) electrons. The largest absolute Gasteiger partial charge is 0.378 e. The molecule has 2 N–H and O–H groups in total. The number of hydrogen-bond donors (Lipinski definition) is 2. The molecule has 0 bridgehead atoms. The number of nitrogens with one attached hydrogen (secondary N) is 2. The monoisotopic (exact) mass is 483 g/mol. The van der Waals surface area contributed by atoms with Gasteiger partial charge in [0.2, 0.25) is 5.91 Å². The molecule has 3 fully saturated rings. The van der Waals surface area contributed by atoms with Crippen molar-refractivity contribution in [3.8, 4) is 0 Å². The molecule has 1 aromatic rings. The van der Waals surface area contributed by atoms with Gasteiger partial charge in [0, 0.05) is 30.5 Å². The minimum absolute atomic E-state index is 0.106. The average Bonchev–Trinajstić information content (AvgIpc) is 2.86. The lowest BCUT2D eigenvalue weighted by atomic mass is 9.80. The first-order valence-electron chi connectivity index (χ1n) is 13.5. The van der Waals surface area contributed by atoms with E-state index in [0.717, 1.165) is 50.6 Å². The van der Waals surface area contributed by atoms with Crippen LogP contribution in [0.2, 0.25) is 0 Å². The van der Waals surface area contributed by atoms with Gasteiger partial charge in [0.05, 0.1) is 31.8 Å². The summed E-state index contributed by atoms with van der Waals surface area (Å²) in [5.41, 5.74) is 1.68. The van der Waals surface area contributed by atoms with E-state index in [9.17, 15) is 14.4 Å². The van der Waals surface area contributed by atoms with Gasteiger partial charge in [-0.1, -0.05) is 45.2 Å². The van der Waals surface area contributed by atoms with Gasteiger partial charge < -0.3 is 20.3 Å². The summed E-state index contributed by atoms with van der Waals surface area (Å²) >= 11 is 0. The van der Waals surface area contributed by atoms with Crippen LogP contribution in [0.4, 0.5) is 0 Å². The number of piperidine rings is 1. The van der Waals surface area contributed by atoms with Crippen molar-refractivity contribution in [1.29, 1.82) is 0 Å². The Morgan fingerprint density at radius 1 is 1.06 bits per heavy atom. The van der Waals surface area contributed by atoms with Crippen molar-refractivity contribution in [3.63, 3.8) is 0 Å². The molecule has 1 saturated carbocycles. The highest BCUT2D eigenvalue weighted by molar-refractivity contribution is 5.98. The van der Waals surface area contributed by atoms with Crippen LogP contribution in [-0.4, -0.2) is 67.4 Å². The minimum Gasteiger partial charge on any atom is -0.378 e. The van der Waals surface area contributed by atoms with E-state index in [-0.39, 0.29) is 41.4 Å². The van der Waals surface area contributed by atoms with Crippen molar-refractivity contribution in [2.24, 2.45) is 11.8 Å². The Balaban J connectivity index is 1.39. The molecule has 192 valence electrons. The van der Waals surface area contributed by atoms with Gasteiger partial charge in [-0.3, -0.25) is 14.4 Å². The second-order valence-corrected chi connectivity index (χ2v) is 10.8. The van der Waals surface area contributed by atoms with E-state index < -0.39 is 6.04 Å².